The summed E-state index contributed by atoms with van der Waals surface area (Å²) < 4.78 is 0. The van der Waals surface area contributed by atoms with E-state index in [0.717, 1.165) is 53.2 Å². The van der Waals surface area contributed by atoms with E-state index < -0.39 is 5.97 Å². The van der Waals surface area contributed by atoms with Gasteiger partial charge in [0, 0.05) is 34.4 Å². The lowest BCUT2D eigenvalue weighted by Gasteiger charge is -2.33. The molecule has 8 heteroatoms. The largest absolute Gasteiger partial charge is 0.477 e. The third-order valence-electron chi connectivity index (χ3n) is 6.89. The first-order valence-electron chi connectivity index (χ1n) is 12.7. The summed E-state index contributed by atoms with van der Waals surface area (Å²) in [5, 5.41) is 12.8. The second-order valence-corrected chi connectivity index (χ2v) is 11.2. The maximum absolute atomic E-state index is 13.5. The first-order chi connectivity index (χ1) is 17.6. The van der Waals surface area contributed by atoms with Crippen LogP contribution in [0.3, 0.4) is 0 Å². The van der Waals surface area contributed by atoms with Gasteiger partial charge in [-0.25, -0.2) is 4.79 Å². The lowest BCUT2D eigenvalue weighted by molar-refractivity contribution is -0.123. The number of anilines is 2. The van der Waals surface area contributed by atoms with Gasteiger partial charge in [-0.15, -0.1) is 11.3 Å². The van der Waals surface area contributed by atoms with Crippen LogP contribution in [0, 0.1) is 18.8 Å². The lowest BCUT2D eigenvalue weighted by atomic mass is 9.82. The molecule has 1 aliphatic carbocycles. The number of thiophene rings is 1. The van der Waals surface area contributed by atoms with Gasteiger partial charge in [0.2, 0.25) is 5.91 Å². The van der Waals surface area contributed by atoms with Gasteiger partial charge in [0.1, 0.15) is 4.88 Å². The van der Waals surface area contributed by atoms with Crippen molar-refractivity contribution < 1.29 is 19.5 Å². The molecule has 1 aromatic carbocycles. The number of nitrogens with one attached hydrogen (secondary N) is 1. The van der Waals surface area contributed by atoms with Crippen molar-refractivity contribution in [2.45, 2.75) is 59.4 Å². The number of carboxylic acids is 1. The fraction of sp³-hybridized carbons (Fsp3) is 0.379. The molecule has 1 fully saturated rings. The van der Waals surface area contributed by atoms with Crippen molar-refractivity contribution in [1.29, 1.82) is 0 Å². The van der Waals surface area contributed by atoms with Crippen LogP contribution in [0.25, 0.3) is 10.4 Å². The highest BCUT2D eigenvalue weighted by atomic mass is 32.1. The van der Waals surface area contributed by atoms with Crippen LogP contribution in [0.15, 0.2) is 48.7 Å². The molecule has 1 aliphatic rings. The number of hydrogen-bond acceptors (Lipinski definition) is 5. The van der Waals surface area contributed by atoms with Gasteiger partial charge in [-0.3, -0.25) is 14.6 Å². The van der Waals surface area contributed by atoms with Gasteiger partial charge in [-0.05, 0) is 88.3 Å². The average Bonchev–Trinajstić information content (AvgIpc) is 3.30. The highest BCUT2D eigenvalue weighted by Gasteiger charge is 2.33. The number of hydrogen-bond donors (Lipinski definition) is 2. The van der Waals surface area contributed by atoms with Crippen molar-refractivity contribution in [3.05, 3.63) is 64.8 Å². The summed E-state index contributed by atoms with van der Waals surface area (Å²) in [6, 6.07) is 12.4. The Balaban J connectivity index is 1.57. The first kappa shape index (κ1) is 26.5. The minimum atomic E-state index is -1.04. The number of carboxylic acid groups (broad SMARTS) is 1. The summed E-state index contributed by atoms with van der Waals surface area (Å²) in [4.78, 5) is 45.0. The van der Waals surface area contributed by atoms with Crippen molar-refractivity contribution in [3.63, 3.8) is 0 Å². The molecule has 3 aromatic rings. The van der Waals surface area contributed by atoms with Gasteiger partial charge < -0.3 is 15.3 Å². The number of amides is 2. The first-order valence-corrected chi connectivity index (χ1v) is 13.5. The molecular formula is C29H33N3O4S. The van der Waals surface area contributed by atoms with Crippen molar-refractivity contribution in [3.8, 4) is 10.4 Å². The van der Waals surface area contributed by atoms with Gasteiger partial charge >= 0.3 is 5.97 Å². The molecule has 2 heterocycles. The number of nitrogens with zero attached hydrogens (tertiary/aromatic N) is 2. The van der Waals surface area contributed by atoms with Crippen LogP contribution < -0.4 is 10.2 Å². The summed E-state index contributed by atoms with van der Waals surface area (Å²) in [5.74, 6) is -0.736. The third kappa shape index (κ3) is 6.07. The van der Waals surface area contributed by atoms with Crippen LogP contribution in [0.2, 0.25) is 0 Å². The molecule has 4 rings (SSSR count). The Labute approximate surface area is 221 Å². The second-order valence-electron chi connectivity index (χ2n) is 10.1. The number of carbonyl (C=O) groups excluding carboxylic acids is 2. The Hall–Kier alpha value is -3.52. The van der Waals surface area contributed by atoms with Crippen LogP contribution in [0.1, 0.15) is 72.2 Å². The Morgan fingerprint density at radius 3 is 2.30 bits per heavy atom. The van der Waals surface area contributed by atoms with Crippen LogP contribution in [-0.4, -0.2) is 33.9 Å². The zero-order valence-corrected chi connectivity index (χ0v) is 22.5. The Kier molecular flexibility index (Phi) is 8.07. The van der Waals surface area contributed by atoms with E-state index in [1.54, 1.807) is 29.2 Å². The summed E-state index contributed by atoms with van der Waals surface area (Å²) >= 11 is 1.16. The standard InChI is InChI=1S/C29H33N3O4S/c1-17(2)32(28(34)21-8-5-18(3)6-9-21)24-15-25(37-26(24)29(35)36)20-11-13-23(14-12-20)31-27(33)22-10-7-19(4)30-16-22/h7,10-18,21H,5-6,8-9H2,1-4H3,(H,31,33)(H,35,36). The fourth-order valence-electron chi connectivity index (χ4n) is 4.73. The molecule has 0 spiro atoms. The maximum Gasteiger partial charge on any atom is 0.348 e. The SMILES string of the molecule is Cc1ccc(C(=O)Nc2ccc(-c3cc(N(C(=O)C4CCC(C)CC4)C(C)C)c(C(=O)O)s3)cc2)cn1. The third-order valence-corrected chi connectivity index (χ3v) is 8.05. The lowest BCUT2D eigenvalue weighted by Crippen LogP contribution is -2.42. The molecule has 2 amide bonds. The summed E-state index contributed by atoms with van der Waals surface area (Å²) in [6.45, 7) is 7.92. The van der Waals surface area contributed by atoms with E-state index in [1.807, 2.05) is 39.0 Å². The topological polar surface area (TPSA) is 99.6 Å². The minimum Gasteiger partial charge on any atom is -0.477 e. The normalized spacial score (nSPS) is 17.4. The fourth-order valence-corrected chi connectivity index (χ4v) is 5.73. The van der Waals surface area contributed by atoms with Gasteiger partial charge in [0.05, 0.1) is 11.3 Å². The van der Waals surface area contributed by atoms with E-state index in [0.29, 0.717) is 22.9 Å². The second kappa shape index (κ2) is 11.3. The number of pyridine rings is 1. The number of carbonyl (C=O) groups is 3. The van der Waals surface area contributed by atoms with Crippen LogP contribution in [-0.2, 0) is 4.79 Å². The summed E-state index contributed by atoms with van der Waals surface area (Å²) in [7, 11) is 0. The molecule has 0 aliphatic heterocycles. The quantitative estimate of drug-likeness (QED) is 0.365. The molecule has 0 atom stereocenters. The molecule has 2 N–H and O–H groups in total. The Bertz CT molecular complexity index is 1270. The van der Waals surface area contributed by atoms with E-state index in [9.17, 15) is 19.5 Å². The van der Waals surface area contributed by atoms with E-state index >= 15 is 0 Å². The number of aryl methyl sites for hydroxylation is 1. The maximum atomic E-state index is 13.5. The van der Waals surface area contributed by atoms with Crippen molar-refractivity contribution in [2.75, 3.05) is 10.2 Å². The summed E-state index contributed by atoms with van der Waals surface area (Å²) in [6.07, 6.45) is 5.26. The van der Waals surface area contributed by atoms with Gasteiger partial charge in [0.25, 0.3) is 5.91 Å². The van der Waals surface area contributed by atoms with Crippen LogP contribution in [0.4, 0.5) is 11.4 Å². The molecular weight excluding hydrogens is 486 g/mol. The predicted octanol–water partition coefficient (Wildman–Crippen LogP) is 6.64. The number of aromatic nitrogens is 1. The van der Waals surface area contributed by atoms with Crippen molar-refractivity contribution >= 4 is 40.5 Å². The molecule has 0 unspecified atom stereocenters. The Morgan fingerprint density at radius 2 is 1.73 bits per heavy atom. The van der Waals surface area contributed by atoms with E-state index in [1.165, 1.54) is 6.20 Å². The molecule has 7 nitrogen and oxygen atoms in total. The van der Waals surface area contributed by atoms with Crippen molar-refractivity contribution in [2.24, 2.45) is 11.8 Å². The highest BCUT2D eigenvalue weighted by Crippen LogP contribution is 2.40. The predicted molar refractivity (Wildman–Crippen MR) is 147 cm³/mol. The molecule has 1 saturated carbocycles. The average molecular weight is 520 g/mol. The smallest absolute Gasteiger partial charge is 0.348 e. The zero-order valence-electron chi connectivity index (χ0n) is 21.7. The Morgan fingerprint density at radius 1 is 1.05 bits per heavy atom. The molecule has 37 heavy (non-hydrogen) atoms. The van der Waals surface area contributed by atoms with Gasteiger partial charge in [0.15, 0.2) is 0 Å². The molecule has 0 bridgehead atoms. The number of aromatic carboxylic acids is 1. The van der Waals surface area contributed by atoms with Crippen LogP contribution >= 0.6 is 11.3 Å². The molecule has 0 saturated heterocycles. The number of rotatable bonds is 7. The number of benzene rings is 1. The van der Waals surface area contributed by atoms with E-state index in [4.69, 9.17) is 0 Å². The zero-order chi connectivity index (χ0) is 26.7. The molecule has 0 radical (unpaired) electrons. The highest BCUT2D eigenvalue weighted by molar-refractivity contribution is 7.18. The van der Waals surface area contributed by atoms with E-state index in [-0.39, 0.29) is 28.7 Å². The van der Waals surface area contributed by atoms with Crippen LogP contribution in [0.5, 0.6) is 0 Å². The minimum absolute atomic E-state index is 0.0115. The summed E-state index contributed by atoms with van der Waals surface area (Å²) in [5.41, 5.74) is 3.19. The molecule has 194 valence electrons. The van der Waals surface area contributed by atoms with Gasteiger partial charge in [-0.2, -0.15) is 0 Å². The monoisotopic (exact) mass is 519 g/mol. The van der Waals surface area contributed by atoms with Gasteiger partial charge in [-0.1, -0.05) is 19.1 Å². The van der Waals surface area contributed by atoms with Crippen molar-refractivity contribution in [1.82, 2.24) is 4.98 Å². The molecule has 2 aromatic heterocycles. The van der Waals surface area contributed by atoms with E-state index in [2.05, 4.69) is 17.2 Å².